The summed E-state index contributed by atoms with van der Waals surface area (Å²) in [7, 11) is -2.60. The van der Waals surface area contributed by atoms with Crippen molar-refractivity contribution in [2.45, 2.75) is 43.9 Å². The van der Waals surface area contributed by atoms with Crippen LogP contribution < -0.4 is 9.47 Å². The van der Waals surface area contributed by atoms with E-state index in [4.69, 9.17) is 30.5 Å². The van der Waals surface area contributed by atoms with Crippen LogP contribution in [0.5, 0.6) is 11.9 Å². The molecule has 2 N–H and O–H groups in total. The van der Waals surface area contributed by atoms with Gasteiger partial charge in [-0.25, -0.2) is 13.0 Å². The number of pyridine rings is 1. The quantitative estimate of drug-likeness (QED) is 0.407. The molecule has 0 spiro atoms. The van der Waals surface area contributed by atoms with E-state index in [-0.39, 0.29) is 59.7 Å². The van der Waals surface area contributed by atoms with Crippen LogP contribution in [0.1, 0.15) is 17.5 Å². The summed E-state index contributed by atoms with van der Waals surface area (Å²) in [6, 6.07) is 3.82. The lowest BCUT2D eigenvalue weighted by Crippen LogP contribution is -2.34. The molecule has 4 atom stereocenters. The van der Waals surface area contributed by atoms with Crippen LogP contribution in [0.4, 0.5) is 8.78 Å². The van der Waals surface area contributed by atoms with E-state index in [9.17, 15) is 22.9 Å². The highest BCUT2D eigenvalue weighted by atomic mass is 35.5. The first-order chi connectivity index (χ1) is 18.5. The molecule has 2 aromatic heterocycles. The molecule has 3 aromatic rings. The standard InChI is InChI=1S/C24H25ClF2N4O7S/c1-39(2,34)31-19(33)4-3-11-5-14(26)12(15(27)6-11)8-37-23-13(25)7-16-22(29-23)30-24(28-16)38-18-10-36-20-17(32)9-35-21(18)20/h5-7,17-18,20-21,32H,3-4,8-10H2,1-2H3,(H,28,29,30)/t17-,18-,20-,21-/m1/s1. The third-order valence-electron chi connectivity index (χ3n) is 6.12. The zero-order valence-corrected chi connectivity index (χ0v) is 22.4. The fourth-order valence-corrected chi connectivity index (χ4v) is 5.13. The average Bonchev–Trinajstić information content (AvgIpc) is 3.53. The van der Waals surface area contributed by atoms with Crippen molar-refractivity contribution in [3.63, 3.8) is 0 Å². The summed E-state index contributed by atoms with van der Waals surface area (Å²) in [4.78, 5) is 23.2. The van der Waals surface area contributed by atoms with E-state index in [2.05, 4.69) is 19.3 Å². The SMILES string of the molecule is CS(C)(=O)=NC(=O)CCc1cc(F)c(COc2nc3nc(O[C@@H]4CO[C@H]5[C@@H]4OC[C@H]5O)[nH]c3cc2Cl)c(F)c1. The van der Waals surface area contributed by atoms with Crippen molar-refractivity contribution in [2.24, 2.45) is 4.36 Å². The van der Waals surface area contributed by atoms with Gasteiger partial charge in [0.15, 0.2) is 11.8 Å². The lowest BCUT2D eigenvalue weighted by atomic mass is 10.1. The second kappa shape index (κ2) is 10.9. The zero-order chi connectivity index (χ0) is 27.9. The molecule has 11 nitrogen and oxygen atoms in total. The number of aliphatic hydroxyl groups excluding tert-OH is 1. The summed E-state index contributed by atoms with van der Waals surface area (Å²) < 4.78 is 66.9. The summed E-state index contributed by atoms with van der Waals surface area (Å²) in [5.41, 5.74) is 0.532. The summed E-state index contributed by atoms with van der Waals surface area (Å²) in [5.74, 6) is -2.43. The molecule has 5 rings (SSSR count). The number of carbonyl (C=O) groups excluding carboxylic acids is 1. The van der Waals surface area contributed by atoms with Crippen molar-refractivity contribution in [1.29, 1.82) is 0 Å². The number of aryl methyl sites for hydroxylation is 1. The maximum absolute atomic E-state index is 14.7. The van der Waals surface area contributed by atoms with E-state index in [0.29, 0.717) is 5.52 Å². The second-order valence-corrected chi connectivity index (χ2v) is 12.5. The molecule has 15 heteroatoms. The number of fused-ring (bicyclic) bond motifs is 2. The van der Waals surface area contributed by atoms with Crippen LogP contribution >= 0.6 is 11.6 Å². The first-order valence-electron chi connectivity index (χ1n) is 11.9. The van der Waals surface area contributed by atoms with Gasteiger partial charge in [0.1, 0.15) is 41.6 Å². The lowest BCUT2D eigenvalue weighted by molar-refractivity contribution is -0.117. The molecule has 1 aromatic carbocycles. The third-order valence-corrected chi connectivity index (χ3v) is 7.03. The first kappa shape index (κ1) is 27.6. The van der Waals surface area contributed by atoms with Crippen molar-refractivity contribution in [2.75, 3.05) is 25.7 Å². The van der Waals surface area contributed by atoms with Gasteiger partial charge in [0.05, 0.1) is 24.3 Å². The number of aromatic nitrogens is 3. The molecular formula is C24H25ClF2N4O7S. The largest absolute Gasteiger partial charge is 0.471 e. The number of aromatic amines is 1. The lowest BCUT2D eigenvalue weighted by Gasteiger charge is -2.15. The highest BCUT2D eigenvalue weighted by molar-refractivity contribution is 7.92. The third kappa shape index (κ3) is 6.30. The van der Waals surface area contributed by atoms with E-state index in [1.807, 2.05) is 0 Å². The monoisotopic (exact) mass is 586 g/mol. The topological polar surface area (TPSA) is 145 Å². The molecule has 210 valence electrons. The zero-order valence-electron chi connectivity index (χ0n) is 20.9. The number of rotatable bonds is 8. The fraction of sp³-hybridized carbons (Fsp3) is 0.458. The van der Waals surface area contributed by atoms with Gasteiger partial charge in [-0.3, -0.25) is 4.79 Å². The van der Waals surface area contributed by atoms with Crippen molar-refractivity contribution >= 4 is 38.4 Å². The number of ether oxygens (including phenoxy) is 4. The van der Waals surface area contributed by atoms with Gasteiger partial charge in [-0.05, 0) is 30.2 Å². The molecular weight excluding hydrogens is 562 g/mol. The minimum atomic E-state index is -2.60. The molecule has 39 heavy (non-hydrogen) atoms. The van der Waals surface area contributed by atoms with Crippen LogP contribution in [0.25, 0.3) is 11.2 Å². The van der Waals surface area contributed by atoms with Crippen molar-refractivity contribution in [1.82, 2.24) is 15.0 Å². The molecule has 0 saturated carbocycles. The number of nitrogens with one attached hydrogen (secondary N) is 1. The molecule has 2 aliphatic rings. The molecule has 0 aliphatic carbocycles. The maximum Gasteiger partial charge on any atom is 0.296 e. The van der Waals surface area contributed by atoms with Crippen LogP contribution in [-0.2, 0) is 37.0 Å². The Morgan fingerprint density at radius 3 is 2.64 bits per heavy atom. The Balaban J connectivity index is 1.24. The van der Waals surface area contributed by atoms with Gasteiger partial charge in [-0.1, -0.05) is 11.6 Å². The minimum absolute atomic E-state index is 0.0293. The summed E-state index contributed by atoms with van der Waals surface area (Å²) in [6.45, 7) is -0.129. The number of benzene rings is 1. The smallest absolute Gasteiger partial charge is 0.296 e. The Morgan fingerprint density at radius 2 is 1.92 bits per heavy atom. The number of hydrogen-bond donors (Lipinski definition) is 2. The van der Waals surface area contributed by atoms with Crippen LogP contribution in [0.15, 0.2) is 22.6 Å². The molecule has 2 fully saturated rings. The summed E-state index contributed by atoms with van der Waals surface area (Å²) >= 11 is 6.27. The second-order valence-electron chi connectivity index (χ2n) is 9.50. The molecule has 0 unspecified atom stereocenters. The predicted octanol–water partition coefficient (Wildman–Crippen LogP) is 2.56. The molecule has 0 bridgehead atoms. The fourth-order valence-electron chi connectivity index (χ4n) is 4.35. The van der Waals surface area contributed by atoms with Gasteiger partial charge in [-0.15, -0.1) is 0 Å². The van der Waals surface area contributed by atoms with E-state index in [1.54, 1.807) is 0 Å². The van der Waals surface area contributed by atoms with Gasteiger partial charge < -0.3 is 29.0 Å². The number of imidazole rings is 1. The first-order valence-corrected chi connectivity index (χ1v) is 14.6. The number of hydrogen-bond acceptors (Lipinski definition) is 9. The Hall–Kier alpha value is -2.91. The number of carbonyl (C=O) groups is 1. The number of halogens is 3. The van der Waals surface area contributed by atoms with Crippen LogP contribution in [0, 0.1) is 11.6 Å². The van der Waals surface area contributed by atoms with Gasteiger partial charge in [0.25, 0.3) is 11.9 Å². The predicted molar refractivity (Wildman–Crippen MR) is 135 cm³/mol. The van der Waals surface area contributed by atoms with E-state index in [1.165, 1.54) is 18.6 Å². The summed E-state index contributed by atoms with van der Waals surface area (Å²) in [6.07, 6.45) is 0.462. The van der Waals surface area contributed by atoms with Gasteiger partial charge >= 0.3 is 0 Å². The van der Waals surface area contributed by atoms with E-state index < -0.39 is 58.3 Å². The Labute approximate surface area is 227 Å². The van der Waals surface area contributed by atoms with Crippen LogP contribution in [0.3, 0.4) is 0 Å². The highest BCUT2D eigenvalue weighted by Crippen LogP contribution is 2.31. The number of nitrogens with zero attached hydrogens (tertiary/aromatic N) is 3. The van der Waals surface area contributed by atoms with Gasteiger partial charge in [-0.2, -0.15) is 14.3 Å². The molecule has 1 amide bonds. The van der Waals surface area contributed by atoms with Gasteiger partial charge in [0.2, 0.25) is 5.88 Å². The average molecular weight is 587 g/mol. The molecule has 4 heterocycles. The number of amides is 1. The van der Waals surface area contributed by atoms with Crippen LogP contribution in [0.2, 0.25) is 5.02 Å². The van der Waals surface area contributed by atoms with Crippen LogP contribution in [-0.4, -0.2) is 80.3 Å². The van der Waals surface area contributed by atoms with Crippen molar-refractivity contribution < 1.29 is 41.8 Å². The van der Waals surface area contributed by atoms with Crippen molar-refractivity contribution in [3.8, 4) is 11.9 Å². The van der Waals surface area contributed by atoms with Crippen molar-refractivity contribution in [3.05, 3.63) is 46.0 Å². The Kier molecular flexibility index (Phi) is 7.75. The molecule has 0 radical (unpaired) electrons. The number of H-pyrrole nitrogens is 1. The van der Waals surface area contributed by atoms with Gasteiger partial charge in [0, 0.05) is 28.7 Å². The number of aliphatic hydroxyl groups is 1. The summed E-state index contributed by atoms with van der Waals surface area (Å²) in [5, 5.41) is 9.95. The Bertz CT molecular complexity index is 1510. The molecule has 2 saturated heterocycles. The maximum atomic E-state index is 14.7. The van der Waals surface area contributed by atoms with E-state index in [0.717, 1.165) is 12.1 Å². The normalized spacial score (nSPS) is 22.7. The Morgan fingerprint density at radius 1 is 1.21 bits per heavy atom. The minimum Gasteiger partial charge on any atom is -0.471 e. The molecule has 2 aliphatic heterocycles. The van der Waals surface area contributed by atoms with E-state index >= 15 is 0 Å². The highest BCUT2D eigenvalue weighted by Gasteiger charge is 2.48.